The molecule has 5 nitrogen and oxygen atoms in total. The molecule has 0 bridgehead atoms. The number of hydrogen-bond acceptors (Lipinski definition) is 3. The summed E-state index contributed by atoms with van der Waals surface area (Å²) in [5, 5.41) is 8.14. The van der Waals surface area contributed by atoms with Crippen molar-refractivity contribution < 1.29 is 0 Å². The zero-order valence-corrected chi connectivity index (χ0v) is 12.4. The van der Waals surface area contributed by atoms with Crippen LogP contribution in [0.3, 0.4) is 0 Å². The highest BCUT2D eigenvalue weighted by Gasteiger charge is 2.19. The summed E-state index contributed by atoms with van der Waals surface area (Å²) in [5.74, 6) is 0.963. The Morgan fingerprint density at radius 3 is 2.58 bits per heavy atom. The molecule has 0 saturated carbocycles. The molecule has 104 valence electrons. The molecule has 0 aliphatic rings. The second-order valence-corrected chi connectivity index (χ2v) is 4.98. The molecule has 0 fully saturated rings. The van der Waals surface area contributed by atoms with Gasteiger partial charge in [-0.15, -0.1) is 0 Å². The van der Waals surface area contributed by atoms with Crippen molar-refractivity contribution >= 4 is 0 Å². The number of hydrogen-bond donors (Lipinski definition) is 2. The monoisotopic (exact) mass is 261 g/mol. The normalized spacial score (nSPS) is 14.6. The van der Waals surface area contributed by atoms with Gasteiger partial charge in [-0.25, -0.2) is 4.98 Å². The number of imidazole rings is 1. The lowest BCUT2D eigenvalue weighted by atomic mass is 10.1. The molecular weight excluding hydrogens is 238 g/mol. The van der Waals surface area contributed by atoms with Gasteiger partial charge in [0, 0.05) is 36.2 Å². The number of aromatic nitrogens is 4. The second-order valence-electron chi connectivity index (χ2n) is 4.98. The molecule has 2 atom stereocenters. The van der Waals surface area contributed by atoms with Crippen molar-refractivity contribution in [1.82, 2.24) is 25.1 Å². The van der Waals surface area contributed by atoms with Gasteiger partial charge in [0.1, 0.15) is 5.82 Å². The molecule has 2 aromatic rings. The molecule has 2 heterocycles. The first-order chi connectivity index (χ1) is 9.04. The maximum atomic E-state index is 4.57. The molecular formula is C14H23N5. The van der Waals surface area contributed by atoms with Crippen molar-refractivity contribution in [2.24, 2.45) is 0 Å². The fourth-order valence-electron chi connectivity index (χ4n) is 2.70. The fourth-order valence-corrected chi connectivity index (χ4v) is 2.70. The highest BCUT2D eigenvalue weighted by Crippen LogP contribution is 2.23. The van der Waals surface area contributed by atoms with E-state index in [1.54, 1.807) is 6.20 Å². The molecule has 0 radical (unpaired) electrons. The van der Waals surface area contributed by atoms with Crippen LogP contribution < -0.4 is 5.32 Å². The predicted molar refractivity (Wildman–Crippen MR) is 75.9 cm³/mol. The Kier molecular flexibility index (Phi) is 4.04. The van der Waals surface area contributed by atoms with E-state index in [9.17, 15) is 0 Å². The van der Waals surface area contributed by atoms with E-state index in [0.717, 1.165) is 18.1 Å². The molecule has 2 aromatic heterocycles. The quantitative estimate of drug-likeness (QED) is 0.870. The zero-order chi connectivity index (χ0) is 14.0. The molecule has 0 saturated heterocycles. The lowest BCUT2D eigenvalue weighted by Gasteiger charge is -2.19. The van der Waals surface area contributed by atoms with Gasteiger partial charge in [0.05, 0.1) is 11.7 Å². The van der Waals surface area contributed by atoms with Crippen molar-refractivity contribution in [3.05, 3.63) is 35.2 Å². The standard InChI is InChI=1S/C14H23N5/c1-6-19-12(5)13(10(3)18-19)9(2)17-11(4)14-15-7-8-16-14/h7-9,11,17H,6H2,1-5H3,(H,15,16). The van der Waals surface area contributed by atoms with Crippen molar-refractivity contribution in [2.45, 2.75) is 53.2 Å². The third-order valence-corrected chi connectivity index (χ3v) is 3.60. The summed E-state index contributed by atoms with van der Waals surface area (Å²) in [5.41, 5.74) is 3.64. The Hall–Kier alpha value is -1.62. The van der Waals surface area contributed by atoms with Gasteiger partial charge >= 0.3 is 0 Å². The van der Waals surface area contributed by atoms with Crippen LogP contribution in [-0.2, 0) is 6.54 Å². The number of nitrogens with one attached hydrogen (secondary N) is 2. The minimum atomic E-state index is 0.189. The Labute approximate surface area is 114 Å². The lowest BCUT2D eigenvalue weighted by molar-refractivity contribution is 0.476. The maximum absolute atomic E-state index is 4.57. The first-order valence-electron chi connectivity index (χ1n) is 6.83. The topological polar surface area (TPSA) is 58.5 Å². The Morgan fingerprint density at radius 2 is 2.05 bits per heavy atom. The number of H-pyrrole nitrogens is 1. The van der Waals surface area contributed by atoms with Gasteiger partial charge < -0.3 is 10.3 Å². The van der Waals surface area contributed by atoms with Crippen molar-refractivity contribution in [2.75, 3.05) is 0 Å². The van der Waals surface area contributed by atoms with Gasteiger partial charge in [0.2, 0.25) is 0 Å². The summed E-state index contributed by atoms with van der Waals surface area (Å²) >= 11 is 0. The van der Waals surface area contributed by atoms with Gasteiger partial charge in [-0.2, -0.15) is 5.10 Å². The van der Waals surface area contributed by atoms with E-state index in [0.29, 0.717) is 0 Å². The predicted octanol–water partition coefficient (Wildman–Crippen LogP) is 2.65. The van der Waals surface area contributed by atoms with Crippen LogP contribution in [0.1, 0.15) is 55.6 Å². The first-order valence-corrected chi connectivity index (χ1v) is 6.83. The maximum Gasteiger partial charge on any atom is 0.122 e. The molecule has 19 heavy (non-hydrogen) atoms. The van der Waals surface area contributed by atoms with Crippen molar-refractivity contribution in [3.8, 4) is 0 Å². The second kappa shape index (κ2) is 5.57. The van der Waals surface area contributed by atoms with Gasteiger partial charge in [0.15, 0.2) is 0 Å². The van der Waals surface area contributed by atoms with Crippen LogP contribution in [0.2, 0.25) is 0 Å². The van der Waals surface area contributed by atoms with Crippen molar-refractivity contribution in [3.63, 3.8) is 0 Å². The van der Waals surface area contributed by atoms with Crippen LogP contribution in [0.25, 0.3) is 0 Å². The average molecular weight is 261 g/mol. The zero-order valence-electron chi connectivity index (χ0n) is 12.4. The van der Waals surface area contributed by atoms with Crippen LogP contribution in [0.15, 0.2) is 12.4 Å². The summed E-state index contributed by atoms with van der Waals surface area (Å²) in [6.07, 6.45) is 3.63. The summed E-state index contributed by atoms with van der Waals surface area (Å²) in [6.45, 7) is 11.5. The summed E-state index contributed by atoms with van der Waals surface area (Å²) in [6, 6.07) is 0.439. The molecule has 0 amide bonds. The number of aryl methyl sites for hydroxylation is 2. The van der Waals surface area contributed by atoms with Crippen LogP contribution in [0.4, 0.5) is 0 Å². The smallest absolute Gasteiger partial charge is 0.122 e. The molecule has 2 unspecified atom stereocenters. The van der Waals surface area contributed by atoms with Crippen LogP contribution in [0.5, 0.6) is 0 Å². The summed E-state index contributed by atoms with van der Waals surface area (Å²) < 4.78 is 2.06. The fraction of sp³-hybridized carbons (Fsp3) is 0.571. The minimum Gasteiger partial charge on any atom is -0.347 e. The molecule has 0 aliphatic heterocycles. The van der Waals surface area contributed by atoms with Crippen molar-refractivity contribution in [1.29, 1.82) is 0 Å². The number of rotatable bonds is 5. The van der Waals surface area contributed by atoms with E-state index in [2.05, 4.69) is 59.7 Å². The van der Waals surface area contributed by atoms with Gasteiger partial charge in [0.25, 0.3) is 0 Å². The largest absolute Gasteiger partial charge is 0.347 e. The van der Waals surface area contributed by atoms with E-state index >= 15 is 0 Å². The van der Waals surface area contributed by atoms with Gasteiger partial charge in [-0.1, -0.05) is 0 Å². The van der Waals surface area contributed by atoms with E-state index in [1.165, 1.54) is 11.3 Å². The third kappa shape index (κ3) is 2.71. The average Bonchev–Trinajstić information content (AvgIpc) is 2.97. The Morgan fingerprint density at radius 1 is 1.32 bits per heavy atom. The number of nitrogens with zero attached hydrogens (tertiary/aromatic N) is 3. The summed E-state index contributed by atoms with van der Waals surface area (Å²) in [4.78, 5) is 7.44. The van der Waals surface area contributed by atoms with E-state index in [4.69, 9.17) is 0 Å². The molecule has 0 spiro atoms. The third-order valence-electron chi connectivity index (χ3n) is 3.60. The lowest BCUT2D eigenvalue weighted by Crippen LogP contribution is -2.24. The van der Waals surface area contributed by atoms with Crippen LogP contribution in [-0.4, -0.2) is 19.7 Å². The minimum absolute atomic E-state index is 0.189. The highest BCUT2D eigenvalue weighted by atomic mass is 15.3. The van der Waals surface area contributed by atoms with E-state index in [1.807, 2.05) is 6.20 Å². The van der Waals surface area contributed by atoms with Crippen LogP contribution >= 0.6 is 0 Å². The Balaban J connectivity index is 2.16. The summed E-state index contributed by atoms with van der Waals surface area (Å²) in [7, 11) is 0. The highest BCUT2D eigenvalue weighted by molar-refractivity contribution is 5.28. The van der Waals surface area contributed by atoms with E-state index in [-0.39, 0.29) is 12.1 Å². The molecule has 2 rings (SSSR count). The SMILES string of the molecule is CCn1nc(C)c(C(C)NC(C)c2ncc[nH]2)c1C. The van der Waals surface area contributed by atoms with Gasteiger partial charge in [-0.05, 0) is 34.6 Å². The Bertz CT molecular complexity index is 526. The molecule has 0 aromatic carbocycles. The van der Waals surface area contributed by atoms with Crippen LogP contribution in [0, 0.1) is 13.8 Å². The molecule has 0 aliphatic carbocycles. The first kappa shape index (κ1) is 13.8. The molecule has 2 N–H and O–H groups in total. The molecule has 5 heteroatoms. The van der Waals surface area contributed by atoms with E-state index < -0.39 is 0 Å². The number of aromatic amines is 1. The van der Waals surface area contributed by atoms with Gasteiger partial charge in [-0.3, -0.25) is 4.68 Å².